The zero-order valence-corrected chi connectivity index (χ0v) is 16.4. The standard InChI is InChI=1S/C18H34FN7O/c1-18(2)5-3-7-25(18)13-4-6-21-9-12(13)23-17(27)14-15(20)24-26-10-11(19)8-22-16(14)26/h11-16,21-22,24H,3-10,20H2,1-2H3,(H,23,27). The lowest BCUT2D eigenvalue weighted by Crippen LogP contribution is -2.64. The van der Waals surface area contributed by atoms with Crippen LogP contribution in [0.25, 0.3) is 0 Å². The Hall–Kier alpha value is -0.840. The highest BCUT2D eigenvalue weighted by atomic mass is 19.1. The lowest BCUT2D eigenvalue weighted by molar-refractivity contribution is -0.128. The van der Waals surface area contributed by atoms with Gasteiger partial charge in [-0.1, -0.05) is 0 Å². The van der Waals surface area contributed by atoms with Crippen LogP contribution in [0.3, 0.4) is 0 Å². The van der Waals surface area contributed by atoms with Crippen LogP contribution >= 0.6 is 0 Å². The largest absolute Gasteiger partial charge is 0.350 e. The van der Waals surface area contributed by atoms with Crippen molar-refractivity contribution in [1.29, 1.82) is 0 Å². The van der Waals surface area contributed by atoms with Gasteiger partial charge in [-0.3, -0.25) is 15.0 Å². The summed E-state index contributed by atoms with van der Waals surface area (Å²) >= 11 is 0. The first kappa shape index (κ1) is 19.5. The van der Waals surface area contributed by atoms with Gasteiger partial charge in [0.05, 0.1) is 24.3 Å². The van der Waals surface area contributed by atoms with Crippen LogP contribution in [-0.4, -0.2) is 84.7 Å². The molecule has 8 nitrogen and oxygen atoms in total. The highest BCUT2D eigenvalue weighted by Crippen LogP contribution is 2.33. The number of nitrogens with two attached hydrogens (primary N) is 1. The third-order valence-electron chi connectivity index (χ3n) is 6.76. The van der Waals surface area contributed by atoms with Gasteiger partial charge in [-0.05, 0) is 46.2 Å². The van der Waals surface area contributed by atoms with Crippen molar-refractivity contribution in [3.8, 4) is 0 Å². The number of carbonyl (C=O) groups excluding carboxylic acids is 1. The number of likely N-dealkylation sites (tertiary alicyclic amines) is 1. The fraction of sp³-hybridized carbons (Fsp3) is 0.944. The van der Waals surface area contributed by atoms with Gasteiger partial charge in [0.2, 0.25) is 5.91 Å². The molecule has 4 saturated heterocycles. The normalized spacial score (nSPS) is 42.8. The van der Waals surface area contributed by atoms with Crippen molar-refractivity contribution < 1.29 is 9.18 Å². The molecule has 6 unspecified atom stereocenters. The van der Waals surface area contributed by atoms with E-state index in [0.29, 0.717) is 6.04 Å². The number of hydrogen-bond donors (Lipinski definition) is 5. The second-order valence-electron chi connectivity index (χ2n) is 9.07. The summed E-state index contributed by atoms with van der Waals surface area (Å²) in [6.45, 7) is 7.95. The number of carbonyl (C=O) groups is 1. The molecule has 0 aromatic heterocycles. The number of amides is 1. The topological polar surface area (TPSA) is 97.7 Å². The summed E-state index contributed by atoms with van der Waals surface area (Å²) < 4.78 is 13.6. The number of fused-ring (bicyclic) bond motifs is 1. The van der Waals surface area contributed by atoms with Gasteiger partial charge >= 0.3 is 0 Å². The number of nitrogens with zero attached hydrogens (tertiary/aromatic N) is 2. The van der Waals surface area contributed by atoms with Gasteiger partial charge in [-0.2, -0.15) is 0 Å². The van der Waals surface area contributed by atoms with E-state index in [0.717, 1.165) is 26.1 Å². The van der Waals surface area contributed by atoms with Crippen molar-refractivity contribution >= 4 is 5.91 Å². The van der Waals surface area contributed by atoms with Crippen LogP contribution in [0.1, 0.15) is 33.1 Å². The van der Waals surface area contributed by atoms with Crippen molar-refractivity contribution in [3.05, 3.63) is 0 Å². The third kappa shape index (κ3) is 3.73. The van der Waals surface area contributed by atoms with Crippen LogP contribution in [-0.2, 0) is 4.79 Å². The molecule has 0 radical (unpaired) electrons. The van der Waals surface area contributed by atoms with Crippen molar-refractivity contribution in [2.75, 3.05) is 32.7 Å². The maximum absolute atomic E-state index is 13.6. The monoisotopic (exact) mass is 383 g/mol. The summed E-state index contributed by atoms with van der Waals surface area (Å²) in [7, 11) is 0. The van der Waals surface area contributed by atoms with Gasteiger partial charge in [0.1, 0.15) is 6.17 Å². The summed E-state index contributed by atoms with van der Waals surface area (Å²) in [6.07, 6.45) is 1.71. The Kier molecular flexibility index (Phi) is 5.43. The van der Waals surface area contributed by atoms with Gasteiger partial charge in [0.15, 0.2) is 0 Å². The van der Waals surface area contributed by atoms with E-state index in [9.17, 15) is 9.18 Å². The lowest BCUT2D eigenvalue weighted by atomic mass is 9.92. The first-order chi connectivity index (χ1) is 12.9. The van der Waals surface area contributed by atoms with Gasteiger partial charge in [-0.25, -0.2) is 14.8 Å². The molecule has 0 aliphatic carbocycles. The predicted molar refractivity (Wildman–Crippen MR) is 101 cm³/mol. The molecule has 4 fully saturated rings. The van der Waals surface area contributed by atoms with Gasteiger partial charge < -0.3 is 16.4 Å². The number of piperidine rings is 1. The molecule has 0 aromatic carbocycles. The van der Waals surface area contributed by atoms with E-state index in [1.807, 2.05) is 0 Å². The quantitative estimate of drug-likeness (QED) is 0.413. The van der Waals surface area contributed by atoms with E-state index < -0.39 is 18.3 Å². The molecule has 27 heavy (non-hydrogen) atoms. The van der Waals surface area contributed by atoms with E-state index in [1.54, 1.807) is 5.01 Å². The van der Waals surface area contributed by atoms with Crippen LogP contribution in [0.5, 0.6) is 0 Å². The lowest BCUT2D eigenvalue weighted by Gasteiger charge is -2.45. The van der Waals surface area contributed by atoms with E-state index in [-0.39, 0.29) is 36.7 Å². The number of halogens is 1. The Bertz CT molecular complexity index is 562. The zero-order valence-electron chi connectivity index (χ0n) is 16.4. The van der Waals surface area contributed by atoms with E-state index in [1.165, 1.54) is 12.8 Å². The molecule has 9 heteroatoms. The Labute approximate surface area is 160 Å². The van der Waals surface area contributed by atoms with E-state index in [2.05, 4.69) is 40.1 Å². The molecule has 6 N–H and O–H groups in total. The number of hydrogen-bond acceptors (Lipinski definition) is 7. The molecule has 0 spiro atoms. The molecule has 4 aliphatic rings. The van der Waals surface area contributed by atoms with Crippen LogP contribution in [0, 0.1) is 5.92 Å². The number of hydrazine groups is 1. The fourth-order valence-electron chi connectivity index (χ4n) is 5.37. The zero-order chi connectivity index (χ0) is 19.2. The van der Waals surface area contributed by atoms with E-state index >= 15 is 0 Å². The maximum Gasteiger partial charge on any atom is 0.229 e. The Morgan fingerprint density at radius 1 is 1.33 bits per heavy atom. The molecule has 0 saturated carbocycles. The molecule has 0 aromatic rings. The van der Waals surface area contributed by atoms with Crippen molar-refractivity contribution in [1.82, 2.24) is 31.3 Å². The Morgan fingerprint density at radius 3 is 2.89 bits per heavy atom. The minimum Gasteiger partial charge on any atom is -0.350 e. The van der Waals surface area contributed by atoms with Crippen molar-refractivity contribution in [3.63, 3.8) is 0 Å². The van der Waals surface area contributed by atoms with Crippen molar-refractivity contribution in [2.24, 2.45) is 11.7 Å². The smallest absolute Gasteiger partial charge is 0.229 e. The number of nitrogens with one attached hydrogen (secondary N) is 4. The van der Waals surface area contributed by atoms with Gasteiger partial charge in [0.25, 0.3) is 0 Å². The summed E-state index contributed by atoms with van der Waals surface area (Å²) in [4.78, 5) is 15.7. The average molecular weight is 384 g/mol. The SMILES string of the molecule is CC1(C)CCCN1C1CCNCC1NC(=O)C1C(N)NN2CC(F)CNC12. The van der Waals surface area contributed by atoms with Crippen molar-refractivity contribution in [2.45, 2.75) is 69.2 Å². The third-order valence-corrected chi connectivity index (χ3v) is 6.76. The minimum atomic E-state index is -0.952. The second-order valence-corrected chi connectivity index (χ2v) is 9.07. The van der Waals surface area contributed by atoms with Gasteiger partial charge in [0, 0.05) is 31.2 Å². The fourth-order valence-corrected chi connectivity index (χ4v) is 5.37. The Balaban J connectivity index is 1.44. The summed E-state index contributed by atoms with van der Waals surface area (Å²) in [5.74, 6) is -0.491. The van der Waals surface area contributed by atoms with Crippen LogP contribution < -0.4 is 27.1 Å². The maximum atomic E-state index is 13.6. The van der Waals surface area contributed by atoms with Gasteiger partial charge in [-0.15, -0.1) is 0 Å². The first-order valence-corrected chi connectivity index (χ1v) is 10.3. The first-order valence-electron chi connectivity index (χ1n) is 10.3. The van der Waals surface area contributed by atoms with Crippen LogP contribution in [0.2, 0.25) is 0 Å². The van der Waals surface area contributed by atoms with Crippen LogP contribution in [0.15, 0.2) is 0 Å². The molecule has 4 aliphatic heterocycles. The predicted octanol–water partition coefficient (Wildman–Crippen LogP) is -1.30. The summed E-state index contributed by atoms with van der Waals surface area (Å²) in [5.41, 5.74) is 9.42. The molecular formula is C18H34FN7O. The van der Waals surface area contributed by atoms with Crippen LogP contribution in [0.4, 0.5) is 4.39 Å². The molecule has 4 heterocycles. The second kappa shape index (κ2) is 7.53. The highest BCUT2D eigenvalue weighted by molar-refractivity contribution is 5.81. The molecule has 6 atom stereocenters. The molecule has 0 bridgehead atoms. The molecule has 154 valence electrons. The number of rotatable bonds is 3. The summed E-state index contributed by atoms with van der Waals surface area (Å²) in [6, 6.07) is 0.395. The Morgan fingerprint density at radius 2 is 2.15 bits per heavy atom. The highest BCUT2D eigenvalue weighted by Gasteiger charge is 2.48. The molecule has 4 rings (SSSR count). The molecular weight excluding hydrogens is 349 g/mol. The molecule has 1 amide bonds. The minimum absolute atomic E-state index is 0.0528. The number of alkyl halides is 1. The van der Waals surface area contributed by atoms with E-state index in [4.69, 9.17) is 5.73 Å². The summed E-state index contributed by atoms with van der Waals surface area (Å²) in [5, 5.41) is 11.6. The average Bonchev–Trinajstić information content (AvgIpc) is 3.12.